The van der Waals surface area contributed by atoms with Gasteiger partial charge in [0.25, 0.3) is 5.69 Å². The second-order valence-electron chi connectivity index (χ2n) is 5.10. The highest BCUT2D eigenvalue weighted by atomic mass is 16.6. The molecule has 0 heterocycles. The van der Waals surface area contributed by atoms with Gasteiger partial charge < -0.3 is 5.43 Å². The van der Waals surface area contributed by atoms with Gasteiger partial charge in [0.2, 0.25) is 0 Å². The molecule has 0 saturated heterocycles. The van der Waals surface area contributed by atoms with Crippen molar-refractivity contribution in [3.63, 3.8) is 0 Å². The molecule has 0 aliphatic carbocycles. The molecule has 1 aromatic carbocycles. The predicted octanol–water partition coefficient (Wildman–Crippen LogP) is 2.96. The monoisotopic (exact) mass is 237 g/mol. The second-order valence-corrected chi connectivity index (χ2v) is 5.10. The van der Waals surface area contributed by atoms with E-state index in [4.69, 9.17) is 0 Å². The first-order valence-electron chi connectivity index (χ1n) is 5.47. The molecule has 1 rings (SSSR count). The van der Waals surface area contributed by atoms with E-state index in [1.165, 1.54) is 6.07 Å². The fourth-order valence-electron chi connectivity index (χ4n) is 1.29. The van der Waals surface area contributed by atoms with Crippen molar-refractivity contribution < 1.29 is 4.92 Å². The highest BCUT2D eigenvalue weighted by Crippen LogP contribution is 2.22. The van der Waals surface area contributed by atoms with E-state index < -0.39 is 0 Å². The summed E-state index contributed by atoms with van der Waals surface area (Å²) < 4.78 is 0. The molecule has 0 bridgehead atoms. The van der Waals surface area contributed by atoms with Gasteiger partial charge in [0.15, 0.2) is 0 Å². The summed E-state index contributed by atoms with van der Waals surface area (Å²) in [6, 6.07) is 5.02. The molecule has 94 valence electrons. The van der Waals surface area contributed by atoms with Crippen LogP contribution in [0.25, 0.3) is 0 Å². The minimum atomic E-state index is -0.368. The Labute approximate surface area is 102 Å². The van der Waals surface area contributed by atoms with E-state index in [2.05, 4.69) is 26.2 Å². The Bertz CT molecular complexity index is 424. The largest absolute Gasteiger partial charge is 0.319 e. The lowest BCUT2D eigenvalue weighted by Crippen LogP contribution is -2.42. The van der Waals surface area contributed by atoms with E-state index in [1.807, 2.05) is 12.1 Å². The average molecular weight is 237 g/mol. The topological polar surface area (TPSA) is 58.4 Å². The summed E-state index contributed by atoms with van der Waals surface area (Å²) >= 11 is 0. The summed E-state index contributed by atoms with van der Waals surface area (Å²) in [5.41, 5.74) is 4.84. The summed E-state index contributed by atoms with van der Waals surface area (Å²) in [5.74, 6) is 0. The lowest BCUT2D eigenvalue weighted by molar-refractivity contribution is -0.385. The van der Waals surface area contributed by atoms with Crippen LogP contribution in [0.3, 0.4) is 0 Å². The Morgan fingerprint density at radius 2 is 1.94 bits per heavy atom. The van der Waals surface area contributed by atoms with Crippen molar-refractivity contribution in [2.75, 3.05) is 12.5 Å². The van der Waals surface area contributed by atoms with Crippen molar-refractivity contribution in [3.8, 4) is 0 Å². The molecule has 0 radical (unpaired) electrons. The minimum absolute atomic E-state index is 0.0182. The van der Waals surface area contributed by atoms with Crippen LogP contribution in [0.15, 0.2) is 18.2 Å². The molecule has 0 aliphatic rings. The molecule has 0 amide bonds. The minimum Gasteiger partial charge on any atom is -0.319 e. The van der Waals surface area contributed by atoms with Gasteiger partial charge in [-0.2, -0.15) is 0 Å². The molecule has 5 heteroatoms. The SMILES string of the molecule is Cc1cc(NN(C)C(C)(C)C)ccc1[N+](=O)[O-]. The number of rotatable bonds is 3. The number of benzene rings is 1. The van der Waals surface area contributed by atoms with Crippen LogP contribution < -0.4 is 5.43 Å². The Morgan fingerprint density at radius 1 is 1.35 bits per heavy atom. The van der Waals surface area contributed by atoms with Crippen LogP contribution in [0, 0.1) is 17.0 Å². The van der Waals surface area contributed by atoms with Crippen LogP contribution in [0.4, 0.5) is 11.4 Å². The number of anilines is 1. The van der Waals surface area contributed by atoms with Gasteiger partial charge in [0.05, 0.1) is 4.92 Å². The zero-order chi connectivity index (χ0) is 13.2. The number of nitrogens with one attached hydrogen (secondary N) is 1. The number of nitro benzene ring substituents is 1. The van der Waals surface area contributed by atoms with E-state index in [-0.39, 0.29) is 16.1 Å². The van der Waals surface area contributed by atoms with Gasteiger partial charge in [0.1, 0.15) is 0 Å². The average Bonchev–Trinajstić information content (AvgIpc) is 2.15. The van der Waals surface area contributed by atoms with Crippen LogP contribution in [0.2, 0.25) is 0 Å². The Hall–Kier alpha value is -1.62. The third kappa shape index (κ3) is 3.42. The molecule has 0 aliphatic heterocycles. The van der Waals surface area contributed by atoms with Gasteiger partial charge in [-0.3, -0.25) is 10.1 Å². The maximum absolute atomic E-state index is 10.7. The Morgan fingerprint density at radius 3 is 2.35 bits per heavy atom. The van der Waals surface area contributed by atoms with Crippen LogP contribution in [-0.4, -0.2) is 22.5 Å². The first kappa shape index (κ1) is 13.4. The van der Waals surface area contributed by atoms with Gasteiger partial charge in [-0.05, 0) is 39.8 Å². The van der Waals surface area contributed by atoms with E-state index in [1.54, 1.807) is 19.1 Å². The third-order valence-electron chi connectivity index (χ3n) is 2.70. The van der Waals surface area contributed by atoms with E-state index in [0.717, 1.165) is 5.69 Å². The van der Waals surface area contributed by atoms with Crippen molar-refractivity contribution in [2.24, 2.45) is 0 Å². The summed E-state index contributed by atoms with van der Waals surface area (Å²) in [7, 11) is 1.94. The normalized spacial score (nSPS) is 11.6. The van der Waals surface area contributed by atoms with Crippen molar-refractivity contribution in [2.45, 2.75) is 33.2 Å². The maximum Gasteiger partial charge on any atom is 0.272 e. The molecule has 0 atom stereocenters. The number of aryl methyl sites for hydroxylation is 1. The molecular formula is C12H19N3O2. The number of nitro groups is 1. The van der Waals surface area contributed by atoms with Crippen molar-refractivity contribution in [1.29, 1.82) is 0 Å². The van der Waals surface area contributed by atoms with Gasteiger partial charge in [-0.1, -0.05) is 0 Å². The van der Waals surface area contributed by atoms with Crippen LogP contribution >= 0.6 is 0 Å². The number of nitrogens with zero attached hydrogens (tertiary/aromatic N) is 2. The molecule has 0 spiro atoms. The summed E-state index contributed by atoms with van der Waals surface area (Å²) in [4.78, 5) is 10.3. The van der Waals surface area contributed by atoms with Crippen molar-refractivity contribution in [1.82, 2.24) is 5.01 Å². The highest BCUT2D eigenvalue weighted by molar-refractivity contribution is 5.53. The molecule has 5 nitrogen and oxygen atoms in total. The summed E-state index contributed by atoms with van der Waals surface area (Å²) in [6.07, 6.45) is 0. The van der Waals surface area contributed by atoms with Gasteiger partial charge in [-0.15, -0.1) is 0 Å². The molecule has 0 fully saturated rings. The zero-order valence-corrected chi connectivity index (χ0v) is 10.9. The fraction of sp³-hybridized carbons (Fsp3) is 0.500. The van der Waals surface area contributed by atoms with E-state index in [9.17, 15) is 10.1 Å². The Kier molecular flexibility index (Phi) is 3.72. The van der Waals surface area contributed by atoms with Gasteiger partial charge in [-0.25, -0.2) is 5.01 Å². The molecule has 0 unspecified atom stereocenters. The predicted molar refractivity (Wildman–Crippen MR) is 69.0 cm³/mol. The van der Waals surface area contributed by atoms with Gasteiger partial charge in [0, 0.05) is 29.9 Å². The fourth-order valence-corrected chi connectivity index (χ4v) is 1.29. The summed E-state index contributed by atoms with van der Waals surface area (Å²) in [5, 5.41) is 12.7. The summed E-state index contributed by atoms with van der Waals surface area (Å²) in [6.45, 7) is 7.98. The van der Waals surface area contributed by atoms with Crippen LogP contribution in [0.1, 0.15) is 26.3 Å². The standard InChI is InChI=1S/C12H19N3O2/c1-9-8-10(6-7-11(9)15(16)17)13-14(5)12(2,3)4/h6-8,13H,1-5H3. The molecular weight excluding hydrogens is 218 g/mol. The highest BCUT2D eigenvalue weighted by Gasteiger charge is 2.17. The first-order valence-corrected chi connectivity index (χ1v) is 5.47. The molecule has 1 aromatic rings. The Balaban J connectivity index is 2.88. The maximum atomic E-state index is 10.7. The molecule has 0 aromatic heterocycles. The van der Waals surface area contributed by atoms with Crippen LogP contribution in [-0.2, 0) is 0 Å². The lowest BCUT2D eigenvalue weighted by atomic mass is 10.1. The smallest absolute Gasteiger partial charge is 0.272 e. The van der Waals surface area contributed by atoms with Crippen LogP contribution in [0.5, 0.6) is 0 Å². The van der Waals surface area contributed by atoms with Gasteiger partial charge >= 0.3 is 0 Å². The molecule has 17 heavy (non-hydrogen) atoms. The number of hydrazine groups is 1. The van der Waals surface area contributed by atoms with Crippen molar-refractivity contribution >= 4 is 11.4 Å². The second kappa shape index (κ2) is 4.71. The van der Waals surface area contributed by atoms with E-state index in [0.29, 0.717) is 5.56 Å². The van der Waals surface area contributed by atoms with E-state index >= 15 is 0 Å². The lowest BCUT2D eigenvalue weighted by Gasteiger charge is -2.32. The first-order chi connectivity index (χ1) is 7.71. The van der Waals surface area contributed by atoms with Crippen molar-refractivity contribution in [3.05, 3.63) is 33.9 Å². The zero-order valence-electron chi connectivity index (χ0n) is 10.9. The third-order valence-corrected chi connectivity index (χ3v) is 2.70. The number of hydrogen-bond acceptors (Lipinski definition) is 4. The quantitative estimate of drug-likeness (QED) is 0.648. The number of hydrogen-bond donors (Lipinski definition) is 1. The molecule has 1 N–H and O–H groups in total. The molecule has 0 saturated carbocycles.